The number of carbonyl (C=O) groups is 2. The van der Waals surface area contributed by atoms with Crippen LogP contribution < -0.4 is 40.2 Å². The largest absolute Gasteiger partial charge is 0.457 e. The van der Waals surface area contributed by atoms with Gasteiger partial charge in [-0.2, -0.15) is 21.0 Å². The lowest BCUT2D eigenvalue weighted by atomic mass is 10.2. The van der Waals surface area contributed by atoms with E-state index in [4.69, 9.17) is 40.0 Å². The van der Waals surface area contributed by atoms with E-state index in [-0.39, 0.29) is 0 Å². The zero-order valence-electron chi connectivity index (χ0n) is 39.4. The van der Waals surface area contributed by atoms with Crippen LogP contribution in [0.3, 0.4) is 0 Å². The van der Waals surface area contributed by atoms with Gasteiger partial charge in [0.15, 0.2) is 0 Å². The van der Waals surface area contributed by atoms with Gasteiger partial charge in [-0.15, -0.1) is 0 Å². The molecule has 0 bridgehead atoms. The Morgan fingerprint density at radius 1 is 0.319 bits per heavy atom. The molecule has 0 aliphatic heterocycles. The van der Waals surface area contributed by atoms with Gasteiger partial charge in [-0.25, -0.2) is 9.59 Å². The Kier molecular flexibility index (Phi) is 16.1. The summed E-state index contributed by atoms with van der Waals surface area (Å²) in [5.41, 5.74) is 8.02. The van der Waals surface area contributed by atoms with Crippen molar-refractivity contribution in [2.24, 2.45) is 0 Å². The molecule has 72 heavy (non-hydrogen) atoms. The highest BCUT2D eigenvalue weighted by Crippen LogP contribution is 2.33. The van der Waals surface area contributed by atoms with Gasteiger partial charge < -0.3 is 40.2 Å². The van der Waals surface area contributed by atoms with Gasteiger partial charge >= 0.3 is 12.1 Å². The smallest absolute Gasteiger partial charge is 0.323 e. The standard InChI is InChI=1S/2C29H22N4O3/c2*1-19-3-9-23(15-27(19)35-25-11-5-21(17-30)6-12-25)32-29(34)33-24-10-4-20(2)28(16-24)36-26-13-7-22(18-31)8-14-26/h2*3-16H,1-2H3,(H2,32,33,34). The number of benzene rings is 8. The summed E-state index contributed by atoms with van der Waals surface area (Å²) in [6.45, 7) is 7.63. The van der Waals surface area contributed by atoms with E-state index in [0.717, 1.165) is 22.3 Å². The van der Waals surface area contributed by atoms with E-state index in [1.54, 1.807) is 146 Å². The first-order valence-corrected chi connectivity index (χ1v) is 22.2. The van der Waals surface area contributed by atoms with E-state index < -0.39 is 12.1 Å². The fourth-order valence-corrected chi connectivity index (χ4v) is 6.64. The van der Waals surface area contributed by atoms with Gasteiger partial charge in [-0.05, 0) is 171 Å². The number of nitrogens with zero attached hydrogens (tertiary/aromatic N) is 4. The summed E-state index contributed by atoms with van der Waals surface area (Å²) in [4.78, 5) is 25.3. The summed E-state index contributed by atoms with van der Waals surface area (Å²) in [6, 6.07) is 56.2. The van der Waals surface area contributed by atoms with Crippen molar-refractivity contribution in [2.75, 3.05) is 21.3 Å². The first-order chi connectivity index (χ1) is 34.9. The molecule has 352 valence electrons. The van der Waals surface area contributed by atoms with Crippen LogP contribution in [0.15, 0.2) is 170 Å². The first-order valence-electron chi connectivity index (χ1n) is 22.2. The Hall–Kier alpha value is -10.5. The molecule has 0 aliphatic rings. The van der Waals surface area contributed by atoms with Gasteiger partial charge in [0, 0.05) is 47.0 Å². The van der Waals surface area contributed by atoms with Gasteiger partial charge in [0.1, 0.15) is 46.0 Å². The average molecular weight is 949 g/mol. The fraction of sp³-hybridized carbons (Fsp3) is 0.0690. The van der Waals surface area contributed by atoms with Crippen molar-refractivity contribution in [1.29, 1.82) is 21.0 Å². The normalized spacial score (nSPS) is 10.0. The molecular formula is C58H44N8O6. The number of hydrogen-bond acceptors (Lipinski definition) is 10. The second kappa shape index (κ2) is 23.5. The number of carbonyl (C=O) groups excluding carboxylic acids is 2. The van der Waals surface area contributed by atoms with Crippen LogP contribution in [0.5, 0.6) is 46.0 Å². The molecule has 0 aliphatic carbocycles. The fourth-order valence-electron chi connectivity index (χ4n) is 6.64. The second-order valence-corrected chi connectivity index (χ2v) is 16.0. The van der Waals surface area contributed by atoms with E-state index in [2.05, 4.69) is 45.5 Å². The zero-order chi connectivity index (χ0) is 51.0. The average Bonchev–Trinajstić information content (AvgIpc) is 3.39. The van der Waals surface area contributed by atoms with Gasteiger partial charge in [0.05, 0.1) is 46.5 Å². The second-order valence-electron chi connectivity index (χ2n) is 16.0. The van der Waals surface area contributed by atoms with Crippen molar-refractivity contribution in [3.63, 3.8) is 0 Å². The van der Waals surface area contributed by atoms with Crippen LogP contribution in [-0.2, 0) is 0 Å². The van der Waals surface area contributed by atoms with Crippen LogP contribution in [0.25, 0.3) is 0 Å². The molecule has 0 radical (unpaired) electrons. The summed E-state index contributed by atoms with van der Waals surface area (Å²) in [7, 11) is 0. The summed E-state index contributed by atoms with van der Waals surface area (Å²) >= 11 is 0. The highest BCUT2D eigenvalue weighted by atomic mass is 16.5. The first kappa shape index (κ1) is 49.4. The van der Waals surface area contributed by atoms with Crippen molar-refractivity contribution in [3.8, 4) is 70.3 Å². The van der Waals surface area contributed by atoms with Crippen LogP contribution in [0.1, 0.15) is 44.5 Å². The molecule has 14 nitrogen and oxygen atoms in total. The molecule has 0 heterocycles. The van der Waals surface area contributed by atoms with Crippen LogP contribution in [0.4, 0.5) is 32.3 Å². The Bertz CT molecular complexity index is 2970. The van der Waals surface area contributed by atoms with E-state index in [0.29, 0.717) is 91.0 Å². The molecule has 0 fully saturated rings. The number of nitriles is 4. The van der Waals surface area contributed by atoms with Crippen molar-refractivity contribution in [1.82, 2.24) is 0 Å². The molecule has 0 atom stereocenters. The molecule has 8 aromatic carbocycles. The minimum atomic E-state index is -0.420. The Morgan fingerprint density at radius 3 is 0.694 bits per heavy atom. The summed E-state index contributed by atoms with van der Waals surface area (Å²) in [5.74, 6) is 4.72. The van der Waals surface area contributed by atoms with Crippen LogP contribution in [0, 0.1) is 73.0 Å². The molecule has 4 amide bonds. The predicted octanol–water partition coefficient (Wildman–Crippen LogP) is 14.6. The lowest BCUT2D eigenvalue weighted by molar-refractivity contribution is 0.261. The molecular weight excluding hydrogens is 905 g/mol. The Labute approximate surface area is 416 Å². The van der Waals surface area contributed by atoms with Gasteiger partial charge in [-0.3, -0.25) is 0 Å². The third-order valence-corrected chi connectivity index (χ3v) is 10.6. The van der Waals surface area contributed by atoms with Crippen LogP contribution in [0.2, 0.25) is 0 Å². The topological polar surface area (TPSA) is 214 Å². The van der Waals surface area contributed by atoms with E-state index in [9.17, 15) is 9.59 Å². The van der Waals surface area contributed by atoms with Gasteiger partial charge in [-0.1, -0.05) is 24.3 Å². The SMILES string of the molecule is Cc1ccc(NC(=O)Nc2ccc(C)c(Oc3ccc(C#N)cc3)c2)cc1Oc1ccc(C#N)cc1.Cc1ccc(NC(=O)Nc2ccc(C)c(Oc3ccc(C#N)cc3)c2)cc1Oc1ccc(C#N)cc1. The molecule has 0 unspecified atom stereocenters. The van der Waals surface area contributed by atoms with Crippen molar-refractivity contribution in [3.05, 3.63) is 214 Å². The molecule has 0 aromatic heterocycles. The number of rotatable bonds is 12. The minimum absolute atomic E-state index is 0.420. The number of ether oxygens (including phenoxy) is 4. The van der Waals surface area contributed by atoms with E-state index in [1.165, 1.54) is 0 Å². The highest BCUT2D eigenvalue weighted by Gasteiger charge is 2.12. The molecule has 0 saturated heterocycles. The molecule has 0 saturated carbocycles. The zero-order valence-corrected chi connectivity index (χ0v) is 39.4. The number of anilines is 4. The predicted molar refractivity (Wildman–Crippen MR) is 275 cm³/mol. The summed E-state index contributed by atoms with van der Waals surface area (Å²) < 4.78 is 23.7. The summed E-state index contributed by atoms with van der Waals surface area (Å²) in [6.07, 6.45) is 0. The Morgan fingerprint density at radius 2 is 0.514 bits per heavy atom. The van der Waals surface area contributed by atoms with Crippen molar-refractivity contribution < 1.29 is 28.5 Å². The highest BCUT2D eigenvalue weighted by molar-refractivity contribution is 6.00. The van der Waals surface area contributed by atoms with Gasteiger partial charge in [0.2, 0.25) is 0 Å². The molecule has 8 rings (SSSR count). The minimum Gasteiger partial charge on any atom is -0.457 e. The Balaban J connectivity index is 0.000000211. The third-order valence-electron chi connectivity index (χ3n) is 10.6. The molecule has 0 spiro atoms. The molecule has 8 aromatic rings. The number of amides is 4. The maximum atomic E-state index is 12.7. The maximum Gasteiger partial charge on any atom is 0.323 e. The quantitative estimate of drug-likeness (QED) is 0.0909. The van der Waals surface area contributed by atoms with E-state index in [1.807, 2.05) is 52.0 Å². The molecule has 4 N–H and O–H groups in total. The van der Waals surface area contributed by atoms with Crippen molar-refractivity contribution in [2.45, 2.75) is 27.7 Å². The maximum absolute atomic E-state index is 12.7. The number of hydrogen-bond donors (Lipinski definition) is 4. The van der Waals surface area contributed by atoms with E-state index >= 15 is 0 Å². The number of urea groups is 2. The monoisotopic (exact) mass is 948 g/mol. The number of aryl methyl sites for hydroxylation is 4. The number of nitrogens with one attached hydrogen (secondary N) is 4. The lowest BCUT2D eigenvalue weighted by Crippen LogP contribution is -2.19. The van der Waals surface area contributed by atoms with Crippen molar-refractivity contribution >= 4 is 34.8 Å². The van der Waals surface area contributed by atoms with Crippen LogP contribution >= 0.6 is 0 Å². The molecule has 14 heteroatoms. The lowest BCUT2D eigenvalue weighted by Gasteiger charge is -2.14. The van der Waals surface area contributed by atoms with Crippen LogP contribution in [-0.4, -0.2) is 12.1 Å². The van der Waals surface area contributed by atoms with Gasteiger partial charge in [0.25, 0.3) is 0 Å². The third kappa shape index (κ3) is 13.8. The summed E-state index contributed by atoms with van der Waals surface area (Å²) in [5, 5.41) is 47.0.